The Morgan fingerprint density at radius 1 is 1.31 bits per heavy atom. The number of benzene rings is 1. The normalized spacial score (nSPS) is 13.8. The van der Waals surface area contributed by atoms with Gasteiger partial charge in [0.25, 0.3) is 0 Å². The van der Waals surface area contributed by atoms with Crippen LogP contribution in [0.4, 0.5) is 0 Å². The Kier molecular flexibility index (Phi) is 4.54. The molecule has 1 rings (SSSR count). The molecule has 0 amide bonds. The molecule has 0 aromatic heterocycles. The van der Waals surface area contributed by atoms with E-state index in [-0.39, 0.29) is 0 Å². The van der Waals surface area contributed by atoms with E-state index in [1.54, 1.807) is 38.1 Å². The lowest BCUT2D eigenvalue weighted by Gasteiger charge is -2.16. The molecule has 4 nitrogen and oxygen atoms in total. The summed E-state index contributed by atoms with van der Waals surface area (Å²) >= 11 is 0. The van der Waals surface area contributed by atoms with Crippen molar-refractivity contribution in [1.82, 2.24) is 0 Å². The Labute approximate surface area is 95.3 Å². The molecule has 0 aliphatic carbocycles. The molecule has 0 saturated heterocycles. The Hall–Kier alpha value is -1.30. The quantitative estimate of drug-likeness (QED) is 0.740. The van der Waals surface area contributed by atoms with Gasteiger partial charge < -0.3 is 9.05 Å². The number of rotatable bonds is 5. The molecular formula is C11H14NO3P. The molecule has 0 fully saturated rings. The van der Waals surface area contributed by atoms with Crippen molar-refractivity contribution in [1.29, 1.82) is 5.26 Å². The molecule has 0 radical (unpaired) electrons. The highest BCUT2D eigenvalue weighted by molar-refractivity contribution is 7.54. The summed E-state index contributed by atoms with van der Waals surface area (Å²) in [5.74, 6) is 0.456. The highest BCUT2D eigenvalue weighted by Gasteiger charge is 2.22. The zero-order valence-corrected chi connectivity index (χ0v) is 10.2. The van der Waals surface area contributed by atoms with Crippen molar-refractivity contribution < 1.29 is 13.6 Å². The van der Waals surface area contributed by atoms with E-state index in [2.05, 4.69) is 0 Å². The molecule has 0 heterocycles. The Morgan fingerprint density at radius 3 is 2.38 bits per heavy atom. The van der Waals surface area contributed by atoms with Gasteiger partial charge in [0.05, 0.1) is 24.4 Å². The molecule has 0 aliphatic heterocycles. The van der Waals surface area contributed by atoms with Gasteiger partial charge in [-0.3, -0.25) is 0 Å². The van der Waals surface area contributed by atoms with Crippen LogP contribution in [-0.2, 0) is 9.09 Å². The predicted octanol–water partition coefficient (Wildman–Crippen LogP) is 3.19. The summed E-state index contributed by atoms with van der Waals surface area (Å²) in [4.78, 5) is 0. The predicted molar refractivity (Wildman–Crippen MR) is 61.6 cm³/mol. The maximum absolute atomic E-state index is 12.0. The minimum Gasteiger partial charge on any atom is -0.424 e. The molecule has 0 saturated carbocycles. The third kappa shape index (κ3) is 3.37. The van der Waals surface area contributed by atoms with Crippen molar-refractivity contribution in [3.8, 4) is 11.8 Å². The monoisotopic (exact) mass is 239 g/mol. The highest BCUT2D eigenvalue weighted by Crippen LogP contribution is 2.47. The number of nitriles is 1. The smallest absolute Gasteiger partial charge is 0.378 e. The van der Waals surface area contributed by atoms with Crippen molar-refractivity contribution in [2.75, 3.05) is 12.8 Å². The summed E-state index contributed by atoms with van der Waals surface area (Å²) in [6.07, 6.45) is 0.320. The topological polar surface area (TPSA) is 59.3 Å². The fourth-order valence-corrected chi connectivity index (χ4v) is 2.33. The Morgan fingerprint density at radius 2 is 1.94 bits per heavy atom. The van der Waals surface area contributed by atoms with Crippen molar-refractivity contribution in [3.63, 3.8) is 0 Å². The minimum atomic E-state index is -3.03. The van der Waals surface area contributed by atoms with Gasteiger partial charge in [-0.25, -0.2) is 4.57 Å². The summed E-state index contributed by atoms with van der Waals surface area (Å²) in [5.41, 5.74) is 0.537. The zero-order chi connectivity index (χ0) is 12.0. The lowest BCUT2D eigenvalue weighted by molar-refractivity contribution is 0.280. The summed E-state index contributed by atoms with van der Waals surface area (Å²) in [5, 5.41) is 8.62. The van der Waals surface area contributed by atoms with Gasteiger partial charge >= 0.3 is 7.60 Å². The minimum absolute atomic E-state index is 0.320. The van der Waals surface area contributed by atoms with Crippen molar-refractivity contribution in [2.24, 2.45) is 0 Å². The number of nitrogens with zero attached hydrogens (tertiary/aromatic N) is 1. The molecular weight excluding hydrogens is 225 g/mol. The third-order valence-corrected chi connectivity index (χ3v) is 3.86. The zero-order valence-electron chi connectivity index (χ0n) is 9.34. The average Bonchev–Trinajstić information content (AvgIpc) is 2.30. The summed E-state index contributed by atoms with van der Waals surface area (Å²) in [6.45, 7) is 3.87. The van der Waals surface area contributed by atoms with E-state index in [1.807, 2.05) is 6.07 Å². The standard InChI is InChI=1S/C11H14NO3P/c1-3-14-16(13,4-2)15-11-7-5-10(9-12)6-8-11/h5-8H,3-4H2,1-2H3. The average molecular weight is 239 g/mol. The van der Waals surface area contributed by atoms with Crippen molar-refractivity contribution in [2.45, 2.75) is 13.8 Å². The third-order valence-electron chi connectivity index (χ3n) is 1.94. The van der Waals surface area contributed by atoms with Gasteiger partial charge in [-0.15, -0.1) is 0 Å². The summed E-state index contributed by atoms with van der Waals surface area (Å²) in [7, 11) is -3.03. The molecule has 1 aromatic carbocycles. The van der Waals surface area contributed by atoms with Crippen molar-refractivity contribution in [3.05, 3.63) is 29.8 Å². The first-order chi connectivity index (χ1) is 7.63. The maximum atomic E-state index is 12.0. The van der Waals surface area contributed by atoms with E-state index in [0.717, 1.165) is 0 Å². The van der Waals surface area contributed by atoms with Gasteiger partial charge in [0.2, 0.25) is 0 Å². The van der Waals surface area contributed by atoms with Crippen LogP contribution >= 0.6 is 7.60 Å². The van der Waals surface area contributed by atoms with Crippen LogP contribution in [0.5, 0.6) is 5.75 Å². The van der Waals surface area contributed by atoms with Crippen LogP contribution in [0.2, 0.25) is 0 Å². The SMILES string of the molecule is CCOP(=O)(CC)Oc1ccc(C#N)cc1. The maximum Gasteiger partial charge on any atom is 0.378 e. The lowest BCUT2D eigenvalue weighted by atomic mass is 10.2. The molecule has 1 unspecified atom stereocenters. The van der Waals surface area contributed by atoms with Gasteiger partial charge in [-0.2, -0.15) is 5.26 Å². The van der Waals surface area contributed by atoms with E-state index in [1.165, 1.54) is 0 Å². The van der Waals surface area contributed by atoms with Crippen LogP contribution < -0.4 is 4.52 Å². The molecule has 0 N–H and O–H groups in total. The van der Waals surface area contributed by atoms with Crippen LogP contribution in [0.1, 0.15) is 19.4 Å². The van der Waals surface area contributed by atoms with E-state index < -0.39 is 7.60 Å². The molecule has 0 spiro atoms. The van der Waals surface area contributed by atoms with Crippen LogP contribution in [-0.4, -0.2) is 12.8 Å². The molecule has 86 valence electrons. The molecule has 1 aromatic rings. The second-order valence-electron chi connectivity index (χ2n) is 3.07. The highest BCUT2D eigenvalue weighted by atomic mass is 31.2. The fraction of sp³-hybridized carbons (Fsp3) is 0.364. The number of hydrogen-bond acceptors (Lipinski definition) is 4. The van der Waals surface area contributed by atoms with Gasteiger partial charge in [0.15, 0.2) is 0 Å². The Bertz CT molecular complexity index is 422. The number of hydrogen-bond donors (Lipinski definition) is 0. The summed E-state index contributed by atoms with van der Waals surface area (Å²) in [6, 6.07) is 8.45. The lowest BCUT2D eigenvalue weighted by Crippen LogP contribution is -2.00. The van der Waals surface area contributed by atoms with E-state index in [4.69, 9.17) is 14.3 Å². The molecule has 1 atom stereocenters. The summed E-state index contributed by atoms with van der Waals surface area (Å²) < 4.78 is 22.4. The fourth-order valence-electron chi connectivity index (χ4n) is 1.13. The van der Waals surface area contributed by atoms with E-state index >= 15 is 0 Å². The van der Waals surface area contributed by atoms with Gasteiger partial charge in [-0.1, -0.05) is 6.92 Å². The second-order valence-corrected chi connectivity index (χ2v) is 5.37. The Balaban J connectivity index is 2.79. The van der Waals surface area contributed by atoms with Gasteiger partial charge in [-0.05, 0) is 31.2 Å². The molecule has 0 aliphatic rings. The molecule has 0 bridgehead atoms. The van der Waals surface area contributed by atoms with Gasteiger partial charge in [0.1, 0.15) is 5.75 Å². The second kappa shape index (κ2) is 5.69. The first kappa shape index (κ1) is 12.8. The molecule has 16 heavy (non-hydrogen) atoms. The first-order valence-corrected chi connectivity index (χ1v) is 6.79. The largest absolute Gasteiger partial charge is 0.424 e. The van der Waals surface area contributed by atoms with Crippen LogP contribution in [0, 0.1) is 11.3 Å². The van der Waals surface area contributed by atoms with Crippen LogP contribution in [0.25, 0.3) is 0 Å². The van der Waals surface area contributed by atoms with E-state index in [0.29, 0.717) is 24.1 Å². The van der Waals surface area contributed by atoms with Crippen LogP contribution in [0.15, 0.2) is 24.3 Å². The molecule has 5 heteroatoms. The first-order valence-electron chi connectivity index (χ1n) is 5.07. The van der Waals surface area contributed by atoms with Crippen molar-refractivity contribution >= 4 is 7.60 Å². The van der Waals surface area contributed by atoms with Gasteiger partial charge in [0, 0.05) is 0 Å². The van der Waals surface area contributed by atoms with Crippen LogP contribution in [0.3, 0.4) is 0 Å². The van der Waals surface area contributed by atoms with E-state index in [9.17, 15) is 4.57 Å².